The van der Waals surface area contributed by atoms with Gasteiger partial charge in [0.2, 0.25) is 0 Å². The molecule has 0 heterocycles. The summed E-state index contributed by atoms with van der Waals surface area (Å²) in [5.74, 6) is 1.17. The van der Waals surface area contributed by atoms with Gasteiger partial charge in [0.15, 0.2) is 0 Å². The SMILES string of the molecule is CC(C)c1[c-]c(C(C)C)ccc1.[La]. The molecule has 69 valence electrons. The second-order valence-corrected chi connectivity index (χ2v) is 3.87. The second kappa shape index (κ2) is 6.00. The van der Waals surface area contributed by atoms with Crippen molar-refractivity contribution in [3.05, 3.63) is 35.4 Å². The number of rotatable bonds is 2. The van der Waals surface area contributed by atoms with Gasteiger partial charge in [0.1, 0.15) is 0 Å². The molecule has 0 unspecified atom stereocenters. The zero-order valence-electron chi connectivity index (χ0n) is 8.96. The van der Waals surface area contributed by atoms with Gasteiger partial charge in [-0.05, 0) is 11.8 Å². The molecule has 0 saturated carbocycles. The molecular formula is C12H17La-. The minimum Gasteiger partial charge on any atom is -0.176 e. The molecule has 1 heteroatoms. The molecule has 0 fully saturated rings. The largest absolute Gasteiger partial charge is 0.176 e. The fraction of sp³-hybridized carbons (Fsp3) is 0.500. The van der Waals surface area contributed by atoms with Gasteiger partial charge < -0.3 is 0 Å². The molecule has 0 bridgehead atoms. The van der Waals surface area contributed by atoms with Gasteiger partial charge in [0, 0.05) is 35.6 Å². The van der Waals surface area contributed by atoms with Gasteiger partial charge >= 0.3 is 0 Å². The first-order valence-electron chi connectivity index (χ1n) is 4.63. The molecule has 0 aliphatic carbocycles. The van der Waals surface area contributed by atoms with Crippen LogP contribution in [0, 0.1) is 41.7 Å². The van der Waals surface area contributed by atoms with Crippen molar-refractivity contribution in [2.45, 2.75) is 39.5 Å². The van der Waals surface area contributed by atoms with E-state index in [-0.39, 0.29) is 35.6 Å². The molecule has 13 heavy (non-hydrogen) atoms. The van der Waals surface area contributed by atoms with E-state index in [1.165, 1.54) is 11.1 Å². The summed E-state index contributed by atoms with van der Waals surface area (Å²) >= 11 is 0. The van der Waals surface area contributed by atoms with Crippen LogP contribution in [0.5, 0.6) is 0 Å². The average molecular weight is 300 g/mol. The fourth-order valence-electron chi connectivity index (χ4n) is 1.18. The van der Waals surface area contributed by atoms with Crippen LogP contribution in [0.25, 0.3) is 0 Å². The summed E-state index contributed by atoms with van der Waals surface area (Å²) in [6, 6.07) is 9.87. The molecule has 0 spiro atoms. The van der Waals surface area contributed by atoms with E-state index in [1.54, 1.807) is 0 Å². The van der Waals surface area contributed by atoms with Crippen LogP contribution in [0.15, 0.2) is 18.2 Å². The molecular weight excluding hydrogens is 283 g/mol. The van der Waals surface area contributed by atoms with Crippen LogP contribution in [-0.4, -0.2) is 0 Å². The Morgan fingerprint density at radius 1 is 0.923 bits per heavy atom. The van der Waals surface area contributed by atoms with E-state index in [0.717, 1.165) is 0 Å². The Bertz CT molecular complexity index is 228. The molecule has 1 aromatic rings. The third-order valence-electron chi connectivity index (χ3n) is 2.08. The molecule has 0 aromatic heterocycles. The Balaban J connectivity index is 0.00000144. The summed E-state index contributed by atoms with van der Waals surface area (Å²) in [6.45, 7) is 8.82. The van der Waals surface area contributed by atoms with Gasteiger partial charge in [0.05, 0.1) is 0 Å². The third kappa shape index (κ3) is 3.97. The van der Waals surface area contributed by atoms with Crippen molar-refractivity contribution in [2.24, 2.45) is 0 Å². The van der Waals surface area contributed by atoms with Crippen LogP contribution in [0.1, 0.15) is 50.7 Å². The average Bonchev–Trinajstić information content (AvgIpc) is 2.04. The summed E-state index contributed by atoms with van der Waals surface area (Å²) in [5, 5.41) is 0. The molecule has 1 aromatic carbocycles. The third-order valence-corrected chi connectivity index (χ3v) is 2.08. The van der Waals surface area contributed by atoms with E-state index in [9.17, 15) is 0 Å². The quantitative estimate of drug-likeness (QED) is 0.730. The summed E-state index contributed by atoms with van der Waals surface area (Å²) in [5.41, 5.74) is 2.64. The van der Waals surface area contributed by atoms with Crippen LogP contribution in [0.4, 0.5) is 0 Å². The van der Waals surface area contributed by atoms with Crippen molar-refractivity contribution in [3.8, 4) is 0 Å². The zero-order valence-corrected chi connectivity index (χ0v) is 12.6. The van der Waals surface area contributed by atoms with E-state index in [1.807, 2.05) is 0 Å². The smallest absolute Gasteiger partial charge is 0 e. The first kappa shape index (κ1) is 13.4. The van der Waals surface area contributed by atoms with Gasteiger partial charge in [-0.25, -0.2) is 0 Å². The maximum Gasteiger partial charge on any atom is 0 e. The normalized spacial score (nSPS) is 10.3. The number of hydrogen-bond acceptors (Lipinski definition) is 0. The first-order valence-corrected chi connectivity index (χ1v) is 4.63. The second-order valence-electron chi connectivity index (χ2n) is 3.87. The molecule has 1 radical (unpaired) electrons. The van der Waals surface area contributed by atoms with Crippen molar-refractivity contribution >= 4 is 0 Å². The van der Waals surface area contributed by atoms with Gasteiger partial charge in [0.25, 0.3) is 0 Å². The van der Waals surface area contributed by atoms with Crippen LogP contribution in [-0.2, 0) is 0 Å². The Hall–Kier alpha value is 0.415. The van der Waals surface area contributed by atoms with Crippen molar-refractivity contribution in [1.29, 1.82) is 0 Å². The number of benzene rings is 1. The van der Waals surface area contributed by atoms with Crippen LogP contribution in [0.3, 0.4) is 0 Å². The van der Waals surface area contributed by atoms with E-state index in [0.29, 0.717) is 11.8 Å². The summed E-state index contributed by atoms with van der Waals surface area (Å²) in [4.78, 5) is 0. The van der Waals surface area contributed by atoms with Crippen molar-refractivity contribution < 1.29 is 35.6 Å². The molecule has 0 atom stereocenters. The van der Waals surface area contributed by atoms with E-state index < -0.39 is 0 Å². The van der Waals surface area contributed by atoms with Crippen LogP contribution in [0.2, 0.25) is 0 Å². The summed E-state index contributed by atoms with van der Waals surface area (Å²) in [6.07, 6.45) is 0. The Labute approximate surface area is 110 Å². The standard InChI is InChI=1S/C12H17.La/c1-9(2)11-6-5-7-12(8-11)10(3)4;/h5-7,9-10H,1-4H3;/q-1;. The molecule has 0 amide bonds. The molecule has 0 aliphatic rings. The van der Waals surface area contributed by atoms with E-state index in [4.69, 9.17) is 0 Å². The van der Waals surface area contributed by atoms with Gasteiger partial charge in [-0.1, -0.05) is 27.7 Å². The minimum atomic E-state index is 0. The van der Waals surface area contributed by atoms with Gasteiger partial charge in [-0.2, -0.15) is 35.4 Å². The molecule has 1 rings (SSSR count). The minimum absolute atomic E-state index is 0. The maximum atomic E-state index is 3.44. The van der Waals surface area contributed by atoms with E-state index >= 15 is 0 Å². The van der Waals surface area contributed by atoms with E-state index in [2.05, 4.69) is 52.0 Å². The maximum absolute atomic E-state index is 3.44. The van der Waals surface area contributed by atoms with Crippen molar-refractivity contribution in [1.82, 2.24) is 0 Å². The van der Waals surface area contributed by atoms with Crippen LogP contribution < -0.4 is 0 Å². The van der Waals surface area contributed by atoms with Gasteiger partial charge in [-0.15, -0.1) is 0 Å². The summed E-state index contributed by atoms with van der Waals surface area (Å²) in [7, 11) is 0. The first-order chi connectivity index (χ1) is 5.61. The fourth-order valence-corrected chi connectivity index (χ4v) is 1.18. The summed E-state index contributed by atoms with van der Waals surface area (Å²) < 4.78 is 0. The molecule has 0 nitrogen and oxygen atoms in total. The van der Waals surface area contributed by atoms with Crippen molar-refractivity contribution in [2.75, 3.05) is 0 Å². The predicted octanol–water partition coefficient (Wildman–Crippen LogP) is 3.73. The van der Waals surface area contributed by atoms with Crippen molar-refractivity contribution in [3.63, 3.8) is 0 Å². The Morgan fingerprint density at radius 3 is 1.62 bits per heavy atom. The Kier molecular flexibility index (Phi) is 6.20. The molecule has 0 N–H and O–H groups in total. The number of hydrogen-bond donors (Lipinski definition) is 0. The molecule has 0 aliphatic heterocycles. The predicted molar refractivity (Wildman–Crippen MR) is 53.5 cm³/mol. The topological polar surface area (TPSA) is 0 Å². The molecule has 0 saturated heterocycles. The monoisotopic (exact) mass is 300 g/mol. The van der Waals surface area contributed by atoms with Gasteiger partial charge in [-0.3, -0.25) is 0 Å². The van der Waals surface area contributed by atoms with Crippen LogP contribution >= 0.6 is 0 Å². The Morgan fingerprint density at radius 2 is 1.31 bits per heavy atom. The zero-order chi connectivity index (χ0) is 9.14.